The maximum Gasteiger partial charge on any atom is 0.240 e. The number of benzene rings is 1. The van der Waals surface area contributed by atoms with Crippen LogP contribution in [0, 0.1) is 11.8 Å². The maximum atomic E-state index is 12.3. The van der Waals surface area contributed by atoms with E-state index in [-0.39, 0.29) is 55.0 Å². The number of carbonyl (C=O) groups excluding carboxylic acids is 4. The lowest BCUT2D eigenvalue weighted by molar-refractivity contribution is -0.143. The number of likely N-dealkylation sites (tertiary alicyclic amines) is 1. The Labute approximate surface area is 158 Å². The minimum absolute atomic E-state index is 0.121. The van der Waals surface area contributed by atoms with Gasteiger partial charge in [0.25, 0.3) is 0 Å². The van der Waals surface area contributed by atoms with Gasteiger partial charge in [0.05, 0.1) is 18.3 Å². The number of fused-ring (bicyclic) bond motifs is 1. The van der Waals surface area contributed by atoms with Crippen LogP contribution in [0.5, 0.6) is 0 Å². The molecule has 1 aromatic rings. The molecule has 2 atom stereocenters. The van der Waals surface area contributed by atoms with Crippen molar-refractivity contribution in [2.24, 2.45) is 11.8 Å². The van der Waals surface area contributed by atoms with Gasteiger partial charge in [-0.25, -0.2) is 0 Å². The van der Waals surface area contributed by atoms with Gasteiger partial charge in [0.1, 0.15) is 6.54 Å². The van der Waals surface area contributed by atoms with E-state index in [4.69, 9.17) is 0 Å². The van der Waals surface area contributed by atoms with Crippen molar-refractivity contribution in [1.29, 1.82) is 0 Å². The first kappa shape index (κ1) is 19.1. The summed E-state index contributed by atoms with van der Waals surface area (Å²) in [5, 5.41) is 5.39. The molecule has 0 radical (unpaired) electrons. The van der Waals surface area contributed by atoms with Crippen molar-refractivity contribution >= 4 is 23.6 Å². The summed E-state index contributed by atoms with van der Waals surface area (Å²) in [5.74, 6) is -1.41. The minimum atomic E-state index is -0.382. The van der Waals surface area contributed by atoms with Gasteiger partial charge in [0.2, 0.25) is 23.6 Å². The van der Waals surface area contributed by atoms with E-state index in [0.717, 1.165) is 36.1 Å². The van der Waals surface area contributed by atoms with E-state index in [9.17, 15) is 19.2 Å². The summed E-state index contributed by atoms with van der Waals surface area (Å²) in [4.78, 5) is 49.7. The smallest absolute Gasteiger partial charge is 0.240 e. The Balaban J connectivity index is 1.37. The summed E-state index contributed by atoms with van der Waals surface area (Å²) in [5.41, 5.74) is 0.923. The number of rotatable bonds is 7. The molecular formula is C20H25N3O4. The standard InChI is InChI=1S/C20H25N3O4/c24-17(12-14-6-2-1-3-7-14)21-10-11-22-18(25)13-23-19(26)15-8-4-5-9-16(15)20(23)27/h1-3,6-7,15-16H,4-5,8-13H2,(H,21,24)(H,22,25). The van der Waals surface area contributed by atoms with E-state index in [1.165, 1.54) is 0 Å². The lowest BCUT2D eigenvalue weighted by Crippen LogP contribution is -2.43. The number of imide groups is 1. The van der Waals surface area contributed by atoms with Gasteiger partial charge >= 0.3 is 0 Å². The van der Waals surface area contributed by atoms with Gasteiger partial charge in [-0.1, -0.05) is 43.2 Å². The first-order valence-corrected chi connectivity index (χ1v) is 9.49. The third kappa shape index (κ3) is 4.72. The van der Waals surface area contributed by atoms with Gasteiger partial charge < -0.3 is 10.6 Å². The topological polar surface area (TPSA) is 95.6 Å². The second-order valence-electron chi connectivity index (χ2n) is 7.12. The van der Waals surface area contributed by atoms with Crippen LogP contribution in [-0.2, 0) is 25.6 Å². The normalized spacial score (nSPS) is 21.7. The molecule has 7 nitrogen and oxygen atoms in total. The molecule has 3 rings (SSSR count). The molecule has 1 aromatic carbocycles. The molecule has 1 heterocycles. The third-order valence-corrected chi connectivity index (χ3v) is 5.21. The van der Waals surface area contributed by atoms with Crippen LogP contribution in [-0.4, -0.2) is 48.2 Å². The highest BCUT2D eigenvalue weighted by atomic mass is 16.2. The SMILES string of the molecule is O=C(Cc1ccccc1)NCCNC(=O)CN1C(=O)C2CCCCC2C1=O. The first-order chi connectivity index (χ1) is 13.1. The molecule has 0 bridgehead atoms. The van der Waals surface area contributed by atoms with Crippen LogP contribution in [0.3, 0.4) is 0 Å². The zero-order valence-corrected chi connectivity index (χ0v) is 15.3. The summed E-state index contributed by atoms with van der Waals surface area (Å²) < 4.78 is 0. The van der Waals surface area contributed by atoms with Crippen molar-refractivity contribution in [3.05, 3.63) is 35.9 Å². The van der Waals surface area contributed by atoms with Crippen molar-refractivity contribution in [2.45, 2.75) is 32.1 Å². The Bertz CT molecular complexity index is 695. The predicted molar refractivity (Wildman–Crippen MR) is 98.3 cm³/mol. The van der Waals surface area contributed by atoms with Gasteiger partial charge in [-0.05, 0) is 18.4 Å². The molecule has 1 aliphatic heterocycles. The highest BCUT2D eigenvalue weighted by molar-refractivity contribution is 6.07. The molecular weight excluding hydrogens is 346 g/mol. The largest absolute Gasteiger partial charge is 0.354 e. The van der Waals surface area contributed by atoms with Crippen LogP contribution in [0.2, 0.25) is 0 Å². The average Bonchev–Trinajstić information content (AvgIpc) is 2.91. The average molecular weight is 371 g/mol. The van der Waals surface area contributed by atoms with Gasteiger partial charge in [-0.15, -0.1) is 0 Å². The molecule has 0 aromatic heterocycles. The fraction of sp³-hybridized carbons (Fsp3) is 0.500. The van der Waals surface area contributed by atoms with Crippen molar-refractivity contribution < 1.29 is 19.2 Å². The molecule has 1 aliphatic carbocycles. The molecule has 4 amide bonds. The van der Waals surface area contributed by atoms with Crippen molar-refractivity contribution in [2.75, 3.05) is 19.6 Å². The quantitative estimate of drug-likeness (QED) is 0.543. The fourth-order valence-electron chi connectivity index (χ4n) is 3.83. The number of hydrogen-bond donors (Lipinski definition) is 2. The number of amides is 4. The number of nitrogens with zero attached hydrogens (tertiary/aromatic N) is 1. The van der Waals surface area contributed by atoms with Crippen LogP contribution < -0.4 is 10.6 Å². The molecule has 0 spiro atoms. The van der Waals surface area contributed by atoms with Crippen molar-refractivity contribution in [1.82, 2.24) is 15.5 Å². The summed E-state index contributed by atoms with van der Waals surface area (Å²) in [7, 11) is 0. The number of carbonyl (C=O) groups is 4. The second kappa shape index (κ2) is 8.79. The summed E-state index contributed by atoms with van der Waals surface area (Å²) in [6.45, 7) is 0.315. The van der Waals surface area contributed by atoms with Crippen LogP contribution in [0.25, 0.3) is 0 Å². The Morgan fingerprint density at radius 3 is 2.04 bits per heavy atom. The molecule has 2 N–H and O–H groups in total. The lowest BCUT2D eigenvalue weighted by Gasteiger charge is -2.19. The van der Waals surface area contributed by atoms with E-state index in [0.29, 0.717) is 6.54 Å². The molecule has 7 heteroatoms. The number of nitrogens with one attached hydrogen (secondary N) is 2. The highest BCUT2D eigenvalue weighted by Crippen LogP contribution is 2.37. The van der Waals surface area contributed by atoms with Crippen LogP contribution in [0.15, 0.2) is 30.3 Å². The zero-order chi connectivity index (χ0) is 19.2. The van der Waals surface area contributed by atoms with Crippen LogP contribution >= 0.6 is 0 Å². The summed E-state index contributed by atoms with van der Waals surface area (Å²) in [6.07, 6.45) is 3.68. The minimum Gasteiger partial charge on any atom is -0.354 e. The summed E-state index contributed by atoms with van der Waals surface area (Å²) >= 11 is 0. The second-order valence-corrected chi connectivity index (χ2v) is 7.12. The van der Waals surface area contributed by atoms with Gasteiger partial charge in [0.15, 0.2) is 0 Å². The fourth-order valence-corrected chi connectivity index (χ4v) is 3.83. The lowest BCUT2D eigenvalue weighted by atomic mass is 9.81. The Kier molecular flexibility index (Phi) is 6.21. The first-order valence-electron chi connectivity index (χ1n) is 9.49. The van der Waals surface area contributed by atoms with Crippen molar-refractivity contribution in [3.8, 4) is 0 Å². The van der Waals surface area contributed by atoms with E-state index in [1.54, 1.807) is 0 Å². The highest BCUT2D eigenvalue weighted by Gasteiger charge is 2.48. The molecule has 2 fully saturated rings. The number of hydrogen-bond acceptors (Lipinski definition) is 4. The molecule has 2 unspecified atom stereocenters. The Hall–Kier alpha value is -2.70. The third-order valence-electron chi connectivity index (χ3n) is 5.21. The van der Waals surface area contributed by atoms with E-state index in [2.05, 4.69) is 10.6 Å². The molecule has 2 aliphatic rings. The van der Waals surface area contributed by atoms with Crippen LogP contribution in [0.4, 0.5) is 0 Å². The van der Waals surface area contributed by atoms with E-state index in [1.807, 2.05) is 30.3 Å². The Morgan fingerprint density at radius 2 is 1.44 bits per heavy atom. The molecule has 1 saturated carbocycles. The molecule has 27 heavy (non-hydrogen) atoms. The predicted octanol–water partition coefficient (Wildman–Crippen LogP) is 0.637. The molecule has 144 valence electrons. The Morgan fingerprint density at radius 1 is 0.889 bits per heavy atom. The van der Waals surface area contributed by atoms with E-state index >= 15 is 0 Å². The zero-order valence-electron chi connectivity index (χ0n) is 15.3. The van der Waals surface area contributed by atoms with Gasteiger partial charge in [-0.2, -0.15) is 0 Å². The summed E-state index contributed by atoms with van der Waals surface area (Å²) in [6, 6.07) is 9.40. The van der Waals surface area contributed by atoms with Crippen LogP contribution in [0.1, 0.15) is 31.2 Å². The van der Waals surface area contributed by atoms with Gasteiger partial charge in [0, 0.05) is 13.1 Å². The monoisotopic (exact) mass is 371 g/mol. The van der Waals surface area contributed by atoms with Gasteiger partial charge in [-0.3, -0.25) is 24.1 Å². The molecule has 1 saturated heterocycles. The maximum absolute atomic E-state index is 12.3. The van der Waals surface area contributed by atoms with E-state index < -0.39 is 0 Å². The van der Waals surface area contributed by atoms with Crippen molar-refractivity contribution in [3.63, 3.8) is 0 Å².